The number of hydrogen-bond acceptors (Lipinski definition) is 7. The number of carbonyl (C=O) groups excluding carboxylic acids is 4. The standard InChI is InChI=1S/C26H10F27N3O5/c1-7-3-9(13(60)56-6-61-8(2)59)10(12(55-5-58)11(7)54-4-57)14(27,28)15(29,30)16(31,32)17(33,34)18(35,36)19(37,38)20(39,40)21(41,42)22(43,44)23(45,46)24(47,48)25(49,50)26(51,52)53/h3H,6H2,1-2H3,(H,56,60). The van der Waals surface area contributed by atoms with Crippen molar-refractivity contribution in [3.63, 3.8) is 0 Å². The van der Waals surface area contributed by atoms with Gasteiger partial charge in [0.2, 0.25) is 12.2 Å². The fourth-order valence-electron chi connectivity index (χ4n) is 4.23. The Labute approximate surface area is 314 Å². The first-order chi connectivity index (χ1) is 26.6. The van der Waals surface area contributed by atoms with E-state index in [1.165, 1.54) is 0 Å². The highest BCUT2D eigenvalue weighted by Crippen LogP contribution is 2.69. The summed E-state index contributed by atoms with van der Waals surface area (Å²) in [5.74, 6) is -117. The van der Waals surface area contributed by atoms with Crippen LogP contribution in [0.2, 0.25) is 0 Å². The Kier molecular flexibility index (Phi) is 13.7. The lowest BCUT2D eigenvalue weighted by atomic mass is 9.82. The van der Waals surface area contributed by atoms with E-state index in [0.29, 0.717) is 19.9 Å². The third kappa shape index (κ3) is 7.36. The van der Waals surface area contributed by atoms with Crippen LogP contribution in [0.3, 0.4) is 0 Å². The van der Waals surface area contributed by atoms with Crippen molar-refractivity contribution in [3.05, 3.63) is 22.8 Å². The SMILES string of the molecule is CC(=O)OCNC(=O)c1cc(C)c(N=C=O)c(N=C=O)c1C(F)(F)C(F)(F)C(F)(F)C(F)(F)C(F)(F)C(F)(F)C(F)(F)C(F)(F)C(F)(F)C(F)(F)C(F)(F)C(F)(F)C(F)(F)F. The molecule has 0 saturated carbocycles. The fourth-order valence-corrected chi connectivity index (χ4v) is 4.23. The van der Waals surface area contributed by atoms with Crippen LogP contribution in [0.5, 0.6) is 0 Å². The maximum Gasteiger partial charge on any atom is 0.460 e. The molecule has 35 heteroatoms. The number of nitrogens with one attached hydrogen (secondary N) is 1. The zero-order valence-electron chi connectivity index (χ0n) is 27.9. The van der Waals surface area contributed by atoms with E-state index in [-0.39, 0.29) is 12.1 Å². The lowest BCUT2D eigenvalue weighted by Crippen LogP contribution is -2.78. The van der Waals surface area contributed by atoms with Crippen molar-refractivity contribution in [2.24, 2.45) is 9.98 Å². The summed E-state index contributed by atoms with van der Waals surface area (Å²) in [6.45, 7) is -0.610. The molecule has 0 heterocycles. The molecule has 0 spiro atoms. The molecule has 1 rings (SSSR count). The number of esters is 1. The van der Waals surface area contributed by atoms with Crippen molar-refractivity contribution in [2.45, 2.75) is 91.1 Å². The molecule has 1 N–H and O–H groups in total. The van der Waals surface area contributed by atoms with E-state index in [1.807, 2.05) is 0 Å². The van der Waals surface area contributed by atoms with E-state index in [9.17, 15) is 120 Å². The van der Waals surface area contributed by atoms with Gasteiger partial charge in [0.15, 0.2) is 6.73 Å². The van der Waals surface area contributed by atoms with Crippen LogP contribution in [0.1, 0.15) is 28.4 Å². The summed E-state index contributed by atoms with van der Waals surface area (Å²) in [6.07, 6.45) is -7.83. The second-order valence-electron chi connectivity index (χ2n) is 11.4. The molecule has 1 amide bonds. The molecule has 0 atom stereocenters. The molecular weight excluding hydrogens is 947 g/mol. The molecule has 1 aromatic rings. The molecule has 0 aromatic heterocycles. The van der Waals surface area contributed by atoms with Crippen LogP contribution in [0.4, 0.5) is 130 Å². The van der Waals surface area contributed by atoms with Crippen LogP contribution in [0.25, 0.3) is 0 Å². The summed E-state index contributed by atoms with van der Waals surface area (Å²) < 4.78 is 383. The molecule has 0 aliphatic carbocycles. The van der Waals surface area contributed by atoms with Crippen molar-refractivity contribution in [2.75, 3.05) is 6.73 Å². The van der Waals surface area contributed by atoms with Gasteiger partial charge < -0.3 is 10.1 Å². The van der Waals surface area contributed by atoms with Crippen molar-refractivity contribution in [1.82, 2.24) is 5.32 Å². The van der Waals surface area contributed by atoms with Gasteiger partial charge in [0.1, 0.15) is 11.4 Å². The Morgan fingerprint density at radius 1 is 0.525 bits per heavy atom. The van der Waals surface area contributed by atoms with Crippen LogP contribution >= 0.6 is 0 Å². The molecule has 0 aliphatic rings. The lowest BCUT2D eigenvalue weighted by Gasteiger charge is -2.46. The summed E-state index contributed by atoms with van der Waals surface area (Å²) in [4.78, 5) is 49.7. The second kappa shape index (κ2) is 15.4. The van der Waals surface area contributed by atoms with Crippen LogP contribution in [0, 0.1) is 6.92 Å². The molecule has 8 nitrogen and oxygen atoms in total. The zero-order valence-corrected chi connectivity index (χ0v) is 27.9. The molecule has 0 radical (unpaired) electrons. The quantitative estimate of drug-likeness (QED) is 0.0550. The Morgan fingerprint density at radius 3 is 1.11 bits per heavy atom. The Balaban J connectivity index is 4.32. The Bertz CT molecular complexity index is 1980. The molecule has 348 valence electrons. The first-order valence-electron chi connectivity index (χ1n) is 14.0. The molecular formula is C26H10F27N3O5. The van der Waals surface area contributed by atoms with Gasteiger partial charge in [0.05, 0.1) is 11.1 Å². The summed E-state index contributed by atoms with van der Waals surface area (Å²) >= 11 is 0. The van der Waals surface area contributed by atoms with Gasteiger partial charge in [-0.05, 0) is 18.6 Å². The number of hydrogen-bond donors (Lipinski definition) is 1. The smallest absolute Gasteiger partial charge is 0.445 e. The normalized spacial score (nSPS) is 14.8. The summed E-state index contributed by atoms with van der Waals surface area (Å²) in [5.41, 5.74) is -11.6. The van der Waals surface area contributed by atoms with Crippen molar-refractivity contribution in [1.29, 1.82) is 0 Å². The molecule has 1 aromatic carbocycles. The third-order valence-corrected chi connectivity index (χ3v) is 7.54. The molecule has 0 unspecified atom stereocenters. The maximum absolute atomic E-state index is 15.6. The molecule has 61 heavy (non-hydrogen) atoms. The van der Waals surface area contributed by atoms with E-state index in [0.717, 1.165) is 5.32 Å². The molecule has 0 bridgehead atoms. The fraction of sp³-hybridized carbons (Fsp3) is 0.615. The number of amides is 1. The van der Waals surface area contributed by atoms with Gasteiger partial charge in [-0.3, -0.25) is 9.59 Å². The number of alkyl halides is 27. The van der Waals surface area contributed by atoms with Gasteiger partial charge >= 0.3 is 83.2 Å². The number of halogens is 27. The molecule has 0 saturated heterocycles. The van der Waals surface area contributed by atoms with Crippen LogP contribution in [0.15, 0.2) is 16.1 Å². The number of ether oxygens (including phenoxy) is 1. The summed E-state index contributed by atoms with van der Waals surface area (Å²) in [5, 5.41) is 1.16. The zero-order chi connectivity index (χ0) is 49.2. The second-order valence-corrected chi connectivity index (χ2v) is 11.4. The van der Waals surface area contributed by atoms with Gasteiger partial charge in [0.25, 0.3) is 5.91 Å². The van der Waals surface area contributed by atoms with Crippen molar-refractivity contribution >= 4 is 35.4 Å². The average molecular weight is 957 g/mol. The number of isocyanates is 2. The van der Waals surface area contributed by atoms with Crippen LogP contribution in [-0.4, -0.2) is 102 Å². The number of nitrogens with zero attached hydrogens (tertiary/aromatic N) is 2. The summed E-state index contributed by atoms with van der Waals surface area (Å²) in [6, 6.07) is -0.339. The van der Waals surface area contributed by atoms with Gasteiger partial charge in [-0.25, -0.2) is 9.59 Å². The average Bonchev–Trinajstić information content (AvgIpc) is 3.07. The minimum absolute atomic E-state index is 0.127. The minimum Gasteiger partial charge on any atom is -0.445 e. The van der Waals surface area contributed by atoms with Gasteiger partial charge in [-0.1, -0.05) is 0 Å². The number of aliphatic imine (C=N–C) groups is 2. The van der Waals surface area contributed by atoms with E-state index in [2.05, 4.69) is 14.7 Å². The van der Waals surface area contributed by atoms with E-state index in [4.69, 9.17) is 0 Å². The predicted molar refractivity (Wildman–Crippen MR) is 135 cm³/mol. The predicted octanol–water partition coefficient (Wildman–Crippen LogP) is 9.82. The number of benzene rings is 1. The van der Waals surface area contributed by atoms with E-state index < -0.39 is 124 Å². The van der Waals surface area contributed by atoms with E-state index >= 15 is 17.6 Å². The van der Waals surface area contributed by atoms with Crippen molar-refractivity contribution in [3.8, 4) is 0 Å². The van der Waals surface area contributed by atoms with Crippen LogP contribution < -0.4 is 5.32 Å². The van der Waals surface area contributed by atoms with Gasteiger partial charge in [0, 0.05) is 6.92 Å². The van der Waals surface area contributed by atoms with Gasteiger partial charge in [-0.2, -0.15) is 129 Å². The lowest BCUT2D eigenvalue weighted by molar-refractivity contribution is -0.485. The maximum atomic E-state index is 15.6. The first kappa shape index (κ1) is 54.0. The topological polar surface area (TPSA) is 114 Å². The largest absolute Gasteiger partial charge is 0.460 e. The highest BCUT2D eigenvalue weighted by atomic mass is 19.4. The molecule has 0 aliphatic heterocycles. The highest BCUT2D eigenvalue weighted by Gasteiger charge is 3.00. The van der Waals surface area contributed by atoms with Crippen LogP contribution in [-0.2, 0) is 25.0 Å². The highest BCUT2D eigenvalue weighted by molar-refractivity contribution is 5.99. The number of aryl methyl sites for hydroxylation is 1. The van der Waals surface area contributed by atoms with Gasteiger partial charge in [-0.15, -0.1) is 0 Å². The minimum atomic E-state index is -9.99. The number of carbonyl (C=O) groups is 2. The van der Waals surface area contributed by atoms with E-state index in [1.54, 1.807) is 0 Å². The summed E-state index contributed by atoms with van der Waals surface area (Å²) in [7, 11) is 0. The molecule has 0 fully saturated rings. The monoisotopic (exact) mass is 957 g/mol. The third-order valence-electron chi connectivity index (χ3n) is 7.54. The Morgan fingerprint density at radius 2 is 0.820 bits per heavy atom. The Hall–Kier alpha value is -4.97. The van der Waals surface area contributed by atoms with Crippen molar-refractivity contribution < 1.29 is 142 Å². The number of rotatable bonds is 17. The first-order valence-corrected chi connectivity index (χ1v) is 14.0.